The SMILES string of the molecule is O=C(CCNCCc1c[nH]c2ccccc12)Nc1cccc(Cl)c1Cl. The second kappa shape index (κ2) is 8.39. The minimum absolute atomic E-state index is 0.0937. The van der Waals surface area contributed by atoms with Crippen LogP contribution in [0.1, 0.15) is 12.0 Å². The fraction of sp³-hybridized carbons (Fsp3) is 0.211. The Labute approximate surface area is 156 Å². The summed E-state index contributed by atoms with van der Waals surface area (Å²) < 4.78 is 0. The third-order valence-corrected chi connectivity index (χ3v) is 4.82. The normalized spacial score (nSPS) is 11.0. The maximum Gasteiger partial charge on any atom is 0.225 e. The van der Waals surface area contributed by atoms with Crippen LogP contribution in [0, 0.1) is 0 Å². The Hall–Kier alpha value is -2.01. The zero-order valence-electron chi connectivity index (χ0n) is 13.6. The molecular formula is C19H19Cl2N3O. The molecule has 1 amide bonds. The average molecular weight is 376 g/mol. The highest BCUT2D eigenvalue weighted by Crippen LogP contribution is 2.29. The molecule has 4 nitrogen and oxygen atoms in total. The van der Waals surface area contributed by atoms with E-state index in [2.05, 4.69) is 27.8 Å². The van der Waals surface area contributed by atoms with Gasteiger partial charge in [-0.1, -0.05) is 47.5 Å². The van der Waals surface area contributed by atoms with Gasteiger partial charge in [-0.25, -0.2) is 0 Å². The maximum atomic E-state index is 12.0. The maximum absolute atomic E-state index is 12.0. The van der Waals surface area contributed by atoms with Crippen LogP contribution in [0.3, 0.4) is 0 Å². The lowest BCUT2D eigenvalue weighted by atomic mass is 10.1. The molecule has 0 saturated heterocycles. The van der Waals surface area contributed by atoms with Crippen LogP contribution in [0.5, 0.6) is 0 Å². The first-order valence-corrected chi connectivity index (χ1v) is 8.90. The highest BCUT2D eigenvalue weighted by atomic mass is 35.5. The first-order chi connectivity index (χ1) is 12.1. The van der Waals surface area contributed by atoms with Gasteiger partial charge in [0, 0.05) is 30.1 Å². The summed E-state index contributed by atoms with van der Waals surface area (Å²) in [6.45, 7) is 1.42. The van der Waals surface area contributed by atoms with E-state index < -0.39 is 0 Å². The van der Waals surface area contributed by atoms with Crippen molar-refractivity contribution in [1.29, 1.82) is 0 Å². The number of rotatable bonds is 7. The monoisotopic (exact) mass is 375 g/mol. The molecule has 0 radical (unpaired) electrons. The van der Waals surface area contributed by atoms with Crippen molar-refractivity contribution in [2.75, 3.05) is 18.4 Å². The van der Waals surface area contributed by atoms with Crippen LogP contribution in [0.15, 0.2) is 48.7 Å². The van der Waals surface area contributed by atoms with Gasteiger partial charge in [-0.05, 0) is 36.7 Å². The van der Waals surface area contributed by atoms with Gasteiger partial charge in [0.2, 0.25) is 5.91 Å². The van der Waals surface area contributed by atoms with Crippen LogP contribution in [0.4, 0.5) is 5.69 Å². The van der Waals surface area contributed by atoms with Crippen molar-refractivity contribution in [3.63, 3.8) is 0 Å². The number of carbonyl (C=O) groups is 1. The first kappa shape index (κ1) is 17.8. The Bertz CT molecular complexity index is 876. The zero-order chi connectivity index (χ0) is 17.6. The van der Waals surface area contributed by atoms with E-state index >= 15 is 0 Å². The highest BCUT2D eigenvalue weighted by molar-refractivity contribution is 6.43. The van der Waals surface area contributed by atoms with Crippen LogP contribution in [-0.4, -0.2) is 24.0 Å². The summed E-state index contributed by atoms with van der Waals surface area (Å²) in [5, 5.41) is 8.12. The molecule has 3 N–H and O–H groups in total. The summed E-state index contributed by atoms with van der Waals surface area (Å²) in [5.74, 6) is -0.0937. The number of amides is 1. The Morgan fingerprint density at radius 3 is 2.76 bits per heavy atom. The summed E-state index contributed by atoms with van der Waals surface area (Å²) in [7, 11) is 0. The topological polar surface area (TPSA) is 56.9 Å². The largest absolute Gasteiger partial charge is 0.361 e. The summed E-state index contributed by atoms with van der Waals surface area (Å²) >= 11 is 12.0. The third kappa shape index (κ3) is 4.54. The zero-order valence-corrected chi connectivity index (χ0v) is 15.1. The van der Waals surface area contributed by atoms with E-state index in [1.165, 1.54) is 10.9 Å². The van der Waals surface area contributed by atoms with Gasteiger partial charge < -0.3 is 15.6 Å². The van der Waals surface area contributed by atoms with E-state index in [0.29, 0.717) is 28.7 Å². The minimum atomic E-state index is -0.0937. The number of anilines is 1. The van der Waals surface area contributed by atoms with Crippen LogP contribution in [0.25, 0.3) is 10.9 Å². The Kier molecular flexibility index (Phi) is 5.97. The van der Waals surface area contributed by atoms with Crippen molar-refractivity contribution in [1.82, 2.24) is 10.3 Å². The van der Waals surface area contributed by atoms with E-state index in [0.717, 1.165) is 18.5 Å². The molecule has 0 spiro atoms. The minimum Gasteiger partial charge on any atom is -0.361 e. The number of aromatic amines is 1. The average Bonchev–Trinajstić information content (AvgIpc) is 3.02. The molecule has 130 valence electrons. The number of benzene rings is 2. The third-order valence-electron chi connectivity index (χ3n) is 4.00. The smallest absolute Gasteiger partial charge is 0.225 e. The fourth-order valence-electron chi connectivity index (χ4n) is 2.70. The van der Waals surface area contributed by atoms with Crippen molar-refractivity contribution >= 4 is 45.7 Å². The summed E-state index contributed by atoms with van der Waals surface area (Å²) in [4.78, 5) is 15.3. The fourth-order valence-corrected chi connectivity index (χ4v) is 3.05. The van der Waals surface area contributed by atoms with Crippen LogP contribution >= 0.6 is 23.2 Å². The van der Waals surface area contributed by atoms with Gasteiger partial charge >= 0.3 is 0 Å². The van der Waals surface area contributed by atoms with Gasteiger partial charge in [-0.3, -0.25) is 4.79 Å². The number of carbonyl (C=O) groups excluding carboxylic acids is 1. The molecule has 25 heavy (non-hydrogen) atoms. The molecule has 1 heterocycles. The summed E-state index contributed by atoms with van der Waals surface area (Å²) in [6, 6.07) is 13.4. The van der Waals surface area contributed by atoms with Gasteiger partial charge in [0.1, 0.15) is 0 Å². The molecule has 1 aromatic heterocycles. The number of hydrogen-bond acceptors (Lipinski definition) is 2. The molecule has 3 rings (SSSR count). The van der Waals surface area contributed by atoms with Crippen molar-refractivity contribution in [2.24, 2.45) is 0 Å². The van der Waals surface area contributed by atoms with Crippen LogP contribution in [-0.2, 0) is 11.2 Å². The van der Waals surface area contributed by atoms with Crippen LogP contribution < -0.4 is 10.6 Å². The first-order valence-electron chi connectivity index (χ1n) is 8.15. The lowest BCUT2D eigenvalue weighted by Crippen LogP contribution is -2.23. The molecule has 0 bridgehead atoms. The van der Waals surface area contributed by atoms with E-state index in [-0.39, 0.29) is 5.91 Å². The van der Waals surface area contributed by atoms with Gasteiger partial charge in [0.25, 0.3) is 0 Å². The number of fused-ring (bicyclic) bond motifs is 1. The molecule has 6 heteroatoms. The van der Waals surface area contributed by atoms with E-state index in [4.69, 9.17) is 23.2 Å². The molecule has 2 aromatic carbocycles. The van der Waals surface area contributed by atoms with E-state index in [1.807, 2.05) is 18.3 Å². The van der Waals surface area contributed by atoms with E-state index in [1.54, 1.807) is 18.2 Å². The van der Waals surface area contributed by atoms with Gasteiger partial charge in [0.15, 0.2) is 0 Å². The summed E-state index contributed by atoms with van der Waals surface area (Å²) in [5.41, 5.74) is 2.96. The number of nitrogens with one attached hydrogen (secondary N) is 3. The lowest BCUT2D eigenvalue weighted by molar-refractivity contribution is -0.116. The predicted molar refractivity (Wildman–Crippen MR) is 105 cm³/mol. The van der Waals surface area contributed by atoms with Crippen molar-refractivity contribution in [3.05, 3.63) is 64.3 Å². The molecule has 0 unspecified atom stereocenters. The van der Waals surface area contributed by atoms with Crippen molar-refractivity contribution < 1.29 is 4.79 Å². The molecular weight excluding hydrogens is 357 g/mol. The van der Waals surface area contributed by atoms with Crippen LogP contribution in [0.2, 0.25) is 10.0 Å². The van der Waals surface area contributed by atoms with Crippen molar-refractivity contribution in [3.8, 4) is 0 Å². The Morgan fingerprint density at radius 2 is 1.88 bits per heavy atom. The summed E-state index contributed by atoms with van der Waals surface area (Å²) in [6.07, 6.45) is 3.32. The standard InChI is InChI=1S/C19H19Cl2N3O/c20-15-5-3-7-17(19(15)21)24-18(25)9-11-22-10-8-13-12-23-16-6-2-1-4-14(13)16/h1-7,12,22-23H,8-11H2,(H,24,25). The molecule has 0 atom stereocenters. The van der Waals surface area contributed by atoms with Gasteiger partial charge in [0.05, 0.1) is 15.7 Å². The van der Waals surface area contributed by atoms with Gasteiger partial charge in [-0.2, -0.15) is 0 Å². The second-order valence-corrected chi connectivity index (χ2v) is 6.54. The number of aromatic nitrogens is 1. The number of hydrogen-bond donors (Lipinski definition) is 3. The Balaban J connectivity index is 1.41. The van der Waals surface area contributed by atoms with Gasteiger partial charge in [-0.15, -0.1) is 0 Å². The molecule has 3 aromatic rings. The molecule has 0 aliphatic heterocycles. The Morgan fingerprint density at radius 1 is 1.04 bits per heavy atom. The second-order valence-electron chi connectivity index (χ2n) is 5.76. The van der Waals surface area contributed by atoms with Crippen molar-refractivity contribution in [2.45, 2.75) is 12.8 Å². The molecule has 0 aliphatic carbocycles. The number of para-hydroxylation sites is 1. The molecule has 0 fully saturated rings. The number of H-pyrrole nitrogens is 1. The lowest BCUT2D eigenvalue weighted by Gasteiger charge is -2.08. The number of halogens is 2. The predicted octanol–water partition coefficient (Wildman–Crippen LogP) is 4.64. The molecule has 0 saturated carbocycles. The quantitative estimate of drug-likeness (QED) is 0.527. The highest BCUT2D eigenvalue weighted by Gasteiger charge is 2.08. The van der Waals surface area contributed by atoms with E-state index in [9.17, 15) is 4.79 Å². The molecule has 0 aliphatic rings.